The predicted octanol–water partition coefficient (Wildman–Crippen LogP) is 5.48. The number of nitrogens with zero attached hydrogens (tertiary/aromatic N) is 1. The molecule has 0 unspecified atom stereocenters. The van der Waals surface area contributed by atoms with E-state index in [0.29, 0.717) is 5.01 Å². The summed E-state index contributed by atoms with van der Waals surface area (Å²) >= 11 is 1.38. The Kier molecular flexibility index (Phi) is 5.82. The summed E-state index contributed by atoms with van der Waals surface area (Å²) < 4.78 is 46.5. The van der Waals surface area contributed by atoms with Crippen LogP contribution >= 0.6 is 11.3 Å². The molecule has 0 saturated carbocycles. The topological polar surface area (TPSA) is 96.3 Å². The molecule has 4 aromatic rings. The molecule has 164 valence electrons. The van der Waals surface area contributed by atoms with Crippen LogP contribution in [0.4, 0.5) is 29.3 Å². The number of anilines is 2. The SMILES string of the molecule is O=C(NCc1nc2ccccc2s1)Nc1ccc(NC(=O)c2ccco2)cc1C(F)(F)F. The van der Waals surface area contributed by atoms with E-state index in [1.54, 1.807) is 0 Å². The average Bonchev–Trinajstić information content (AvgIpc) is 3.42. The van der Waals surface area contributed by atoms with Crippen molar-refractivity contribution < 1.29 is 27.2 Å². The molecule has 32 heavy (non-hydrogen) atoms. The van der Waals surface area contributed by atoms with Crippen molar-refractivity contribution in [1.82, 2.24) is 10.3 Å². The molecule has 0 spiro atoms. The molecule has 0 radical (unpaired) electrons. The first-order chi connectivity index (χ1) is 15.3. The predicted molar refractivity (Wildman–Crippen MR) is 114 cm³/mol. The molecule has 7 nitrogen and oxygen atoms in total. The van der Waals surface area contributed by atoms with Gasteiger partial charge >= 0.3 is 12.2 Å². The minimum atomic E-state index is -4.76. The van der Waals surface area contributed by atoms with Gasteiger partial charge in [-0.05, 0) is 42.5 Å². The van der Waals surface area contributed by atoms with Crippen molar-refractivity contribution in [2.75, 3.05) is 10.6 Å². The Labute approximate surface area is 183 Å². The Morgan fingerprint density at radius 2 is 1.84 bits per heavy atom. The van der Waals surface area contributed by atoms with Crippen LogP contribution in [-0.2, 0) is 12.7 Å². The lowest BCUT2D eigenvalue weighted by molar-refractivity contribution is -0.136. The number of fused-ring (bicyclic) bond motifs is 1. The fraction of sp³-hybridized carbons (Fsp3) is 0.0952. The molecule has 3 N–H and O–H groups in total. The Morgan fingerprint density at radius 1 is 1.03 bits per heavy atom. The first-order valence-electron chi connectivity index (χ1n) is 9.25. The molecule has 0 aliphatic carbocycles. The quantitative estimate of drug-likeness (QED) is 0.367. The molecule has 0 saturated heterocycles. The number of alkyl halides is 3. The lowest BCUT2D eigenvalue weighted by Gasteiger charge is -2.16. The van der Waals surface area contributed by atoms with Crippen LogP contribution in [0, 0.1) is 0 Å². The van der Waals surface area contributed by atoms with E-state index >= 15 is 0 Å². The van der Waals surface area contributed by atoms with Gasteiger partial charge in [-0.2, -0.15) is 13.2 Å². The highest BCUT2D eigenvalue weighted by Gasteiger charge is 2.34. The van der Waals surface area contributed by atoms with Crippen LogP contribution in [0.3, 0.4) is 0 Å². The number of rotatable bonds is 5. The second kappa shape index (κ2) is 8.71. The van der Waals surface area contributed by atoms with Gasteiger partial charge in [0.2, 0.25) is 0 Å². The number of aromatic nitrogens is 1. The van der Waals surface area contributed by atoms with Crippen LogP contribution in [0.2, 0.25) is 0 Å². The van der Waals surface area contributed by atoms with Crippen LogP contribution in [0.25, 0.3) is 10.2 Å². The van der Waals surface area contributed by atoms with Gasteiger partial charge in [-0.1, -0.05) is 12.1 Å². The summed E-state index contributed by atoms with van der Waals surface area (Å²) in [6, 6.07) is 12.5. The number of furan rings is 1. The van der Waals surface area contributed by atoms with Crippen LogP contribution < -0.4 is 16.0 Å². The third-order valence-corrected chi connectivity index (χ3v) is 5.35. The van der Waals surface area contributed by atoms with Crippen LogP contribution in [0.15, 0.2) is 65.3 Å². The fourth-order valence-corrected chi connectivity index (χ4v) is 3.79. The third-order valence-electron chi connectivity index (χ3n) is 4.31. The zero-order chi connectivity index (χ0) is 22.7. The maximum Gasteiger partial charge on any atom is 0.418 e. The van der Waals surface area contributed by atoms with Crippen molar-refractivity contribution in [2.45, 2.75) is 12.7 Å². The molecule has 0 aliphatic rings. The fourth-order valence-electron chi connectivity index (χ4n) is 2.88. The highest BCUT2D eigenvalue weighted by molar-refractivity contribution is 7.18. The van der Waals surface area contributed by atoms with E-state index in [4.69, 9.17) is 4.42 Å². The van der Waals surface area contributed by atoms with Crippen LogP contribution in [0.5, 0.6) is 0 Å². The number of carbonyl (C=O) groups is 2. The number of hydrogen-bond donors (Lipinski definition) is 3. The van der Waals surface area contributed by atoms with Gasteiger partial charge in [0.05, 0.1) is 34.3 Å². The lowest BCUT2D eigenvalue weighted by Crippen LogP contribution is -2.29. The molecule has 0 fully saturated rings. The van der Waals surface area contributed by atoms with Gasteiger partial charge in [0.1, 0.15) is 5.01 Å². The van der Waals surface area contributed by atoms with E-state index in [1.807, 2.05) is 24.3 Å². The first kappa shape index (κ1) is 21.4. The number of thiazole rings is 1. The summed E-state index contributed by atoms with van der Waals surface area (Å²) in [5.41, 5.74) is -0.874. The zero-order valence-corrected chi connectivity index (χ0v) is 17.0. The standard InChI is InChI=1S/C21H15F3N4O3S/c22-21(23,24)13-10-12(26-19(29)16-5-3-9-31-16)7-8-14(13)28-20(30)25-11-18-27-15-4-1-2-6-17(15)32-18/h1-10H,11H2,(H,26,29)(H2,25,28,30). The van der Waals surface area contributed by atoms with Crippen molar-refractivity contribution >= 4 is 44.9 Å². The second-order valence-corrected chi connectivity index (χ2v) is 7.69. The molecule has 2 aromatic heterocycles. The van der Waals surface area contributed by atoms with Crippen LogP contribution in [-0.4, -0.2) is 16.9 Å². The van der Waals surface area contributed by atoms with Gasteiger partial charge in [-0.25, -0.2) is 9.78 Å². The van der Waals surface area contributed by atoms with Crippen molar-refractivity contribution in [3.05, 3.63) is 77.2 Å². The largest absolute Gasteiger partial charge is 0.459 e. The molecular formula is C21H15F3N4O3S. The Morgan fingerprint density at radius 3 is 2.56 bits per heavy atom. The van der Waals surface area contributed by atoms with Gasteiger partial charge < -0.3 is 20.4 Å². The number of benzene rings is 2. The highest BCUT2D eigenvalue weighted by Crippen LogP contribution is 2.36. The molecule has 0 bridgehead atoms. The molecule has 3 amide bonds. The van der Waals surface area contributed by atoms with E-state index in [2.05, 4.69) is 20.9 Å². The van der Waals surface area contributed by atoms with E-state index in [0.717, 1.165) is 22.3 Å². The lowest BCUT2D eigenvalue weighted by atomic mass is 10.1. The zero-order valence-electron chi connectivity index (χ0n) is 16.2. The highest BCUT2D eigenvalue weighted by atomic mass is 32.1. The van der Waals surface area contributed by atoms with Gasteiger partial charge in [0.25, 0.3) is 5.91 Å². The van der Waals surface area contributed by atoms with Crippen molar-refractivity contribution in [3.8, 4) is 0 Å². The maximum absolute atomic E-state index is 13.5. The third kappa shape index (κ3) is 4.89. The Balaban J connectivity index is 1.45. The van der Waals surface area contributed by atoms with Crippen LogP contribution in [0.1, 0.15) is 21.1 Å². The number of halogens is 3. The van der Waals surface area contributed by atoms with Crippen molar-refractivity contribution in [2.24, 2.45) is 0 Å². The Bertz CT molecular complexity index is 1240. The number of carbonyl (C=O) groups excluding carboxylic acids is 2. The molecule has 4 rings (SSSR count). The molecule has 0 aliphatic heterocycles. The summed E-state index contributed by atoms with van der Waals surface area (Å²) in [7, 11) is 0. The molecule has 0 atom stereocenters. The van der Waals surface area contributed by atoms with Gasteiger partial charge in [0.15, 0.2) is 5.76 Å². The van der Waals surface area contributed by atoms with Gasteiger partial charge in [0, 0.05) is 5.69 Å². The molecular weight excluding hydrogens is 445 g/mol. The number of para-hydroxylation sites is 1. The molecule has 2 heterocycles. The summed E-state index contributed by atoms with van der Waals surface area (Å²) in [5.74, 6) is -0.743. The molecule has 11 heteroatoms. The molecule has 2 aromatic carbocycles. The normalized spacial score (nSPS) is 11.3. The number of nitrogens with one attached hydrogen (secondary N) is 3. The monoisotopic (exact) mass is 460 g/mol. The summed E-state index contributed by atoms with van der Waals surface area (Å²) in [6.45, 7) is 0.0593. The van der Waals surface area contributed by atoms with Gasteiger partial charge in [-0.3, -0.25) is 4.79 Å². The van der Waals surface area contributed by atoms with Gasteiger partial charge in [-0.15, -0.1) is 11.3 Å². The maximum atomic E-state index is 13.5. The Hall–Kier alpha value is -3.86. The van der Waals surface area contributed by atoms with Crippen molar-refractivity contribution in [1.29, 1.82) is 0 Å². The average molecular weight is 460 g/mol. The van der Waals surface area contributed by atoms with E-state index in [9.17, 15) is 22.8 Å². The first-order valence-corrected chi connectivity index (χ1v) is 10.1. The minimum Gasteiger partial charge on any atom is -0.459 e. The van der Waals surface area contributed by atoms with Crippen molar-refractivity contribution in [3.63, 3.8) is 0 Å². The van der Waals surface area contributed by atoms with E-state index in [-0.39, 0.29) is 18.0 Å². The number of amides is 3. The second-order valence-electron chi connectivity index (χ2n) is 6.57. The summed E-state index contributed by atoms with van der Waals surface area (Å²) in [4.78, 5) is 28.6. The number of hydrogen-bond acceptors (Lipinski definition) is 5. The van der Waals surface area contributed by atoms with E-state index < -0.39 is 29.4 Å². The smallest absolute Gasteiger partial charge is 0.418 e. The minimum absolute atomic E-state index is 0.0463. The van der Waals surface area contributed by atoms with E-state index in [1.165, 1.54) is 35.8 Å². The summed E-state index contributed by atoms with van der Waals surface area (Å²) in [6.07, 6.45) is -3.49. The summed E-state index contributed by atoms with van der Waals surface area (Å²) in [5, 5.41) is 7.65. The number of urea groups is 1.